The van der Waals surface area contributed by atoms with E-state index in [9.17, 15) is 13.2 Å². The molecule has 5 rings (SSSR count). The standard InChI is InChI=1S/C28H25N3O3S/c1-20-8-5-6-13-26(20)31(35(33,34)24-10-3-2-4-11-24)19-27(32)30-29-18-23-17-16-22-15-14-21-9-7-12-25(23)28(21)22/h2-13,16-18H,14-15,19H2,1H3,(H,30,32). The lowest BCUT2D eigenvalue weighted by atomic mass is 10.0. The normalized spacial score (nSPS) is 12.8. The predicted octanol–water partition coefficient (Wildman–Crippen LogP) is 4.59. The maximum Gasteiger partial charge on any atom is 0.264 e. The predicted molar refractivity (Wildman–Crippen MR) is 139 cm³/mol. The van der Waals surface area contributed by atoms with Crippen LogP contribution in [0.1, 0.15) is 22.3 Å². The topological polar surface area (TPSA) is 78.8 Å². The van der Waals surface area contributed by atoms with Gasteiger partial charge < -0.3 is 0 Å². The van der Waals surface area contributed by atoms with Gasteiger partial charge in [-0.05, 0) is 65.4 Å². The molecule has 1 N–H and O–H groups in total. The minimum Gasteiger partial charge on any atom is -0.271 e. The van der Waals surface area contributed by atoms with Gasteiger partial charge in [0.05, 0.1) is 16.8 Å². The number of hydrogen-bond donors (Lipinski definition) is 1. The number of anilines is 1. The van der Waals surface area contributed by atoms with Gasteiger partial charge in [-0.1, -0.05) is 66.7 Å². The first-order valence-electron chi connectivity index (χ1n) is 11.4. The Bertz CT molecular complexity index is 1540. The molecule has 0 unspecified atom stereocenters. The number of nitrogens with one attached hydrogen (secondary N) is 1. The molecule has 0 fully saturated rings. The van der Waals surface area contributed by atoms with Gasteiger partial charge in [-0.3, -0.25) is 9.10 Å². The Morgan fingerprint density at radius 3 is 2.40 bits per heavy atom. The van der Waals surface area contributed by atoms with Gasteiger partial charge in [0.1, 0.15) is 6.54 Å². The third kappa shape index (κ3) is 4.42. The average Bonchev–Trinajstić information content (AvgIpc) is 3.30. The van der Waals surface area contributed by atoms with Crippen LogP contribution in [0.4, 0.5) is 5.69 Å². The van der Waals surface area contributed by atoms with Crippen LogP contribution < -0.4 is 9.73 Å². The summed E-state index contributed by atoms with van der Waals surface area (Å²) < 4.78 is 28.0. The highest BCUT2D eigenvalue weighted by atomic mass is 32.2. The molecule has 4 aromatic carbocycles. The van der Waals surface area contributed by atoms with Crippen LogP contribution in [0.25, 0.3) is 10.8 Å². The zero-order chi connectivity index (χ0) is 24.4. The molecule has 4 aromatic rings. The van der Waals surface area contributed by atoms with Crippen LogP contribution >= 0.6 is 0 Å². The quantitative estimate of drug-likeness (QED) is 0.308. The van der Waals surface area contributed by atoms with Crippen LogP contribution in [0.2, 0.25) is 0 Å². The van der Waals surface area contributed by atoms with Gasteiger partial charge in [-0.15, -0.1) is 0 Å². The molecule has 6 nitrogen and oxygen atoms in total. The third-order valence-corrected chi connectivity index (χ3v) is 8.08. The molecule has 1 aliphatic carbocycles. The maximum atomic E-state index is 13.4. The minimum absolute atomic E-state index is 0.118. The summed E-state index contributed by atoms with van der Waals surface area (Å²) in [4.78, 5) is 13.0. The Hall–Kier alpha value is -3.97. The number of rotatable bonds is 7. The van der Waals surface area contributed by atoms with Crippen LogP contribution in [-0.4, -0.2) is 27.1 Å². The van der Waals surface area contributed by atoms with E-state index in [0.717, 1.165) is 33.7 Å². The summed E-state index contributed by atoms with van der Waals surface area (Å²) in [6, 6.07) is 25.5. The van der Waals surface area contributed by atoms with Gasteiger partial charge in [0.15, 0.2) is 0 Å². The molecular weight excluding hydrogens is 458 g/mol. The van der Waals surface area contributed by atoms with E-state index in [0.29, 0.717) is 5.69 Å². The van der Waals surface area contributed by atoms with E-state index in [4.69, 9.17) is 0 Å². The first-order chi connectivity index (χ1) is 16.9. The van der Waals surface area contributed by atoms with Crippen LogP contribution in [-0.2, 0) is 27.7 Å². The number of hydrogen-bond acceptors (Lipinski definition) is 4. The number of amides is 1. The second kappa shape index (κ2) is 9.35. The summed E-state index contributed by atoms with van der Waals surface area (Å²) in [5.41, 5.74) is 7.27. The zero-order valence-electron chi connectivity index (χ0n) is 19.3. The Morgan fingerprint density at radius 1 is 0.914 bits per heavy atom. The second-order valence-corrected chi connectivity index (χ2v) is 10.4. The summed E-state index contributed by atoms with van der Waals surface area (Å²) in [5.74, 6) is -0.532. The lowest BCUT2D eigenvalue weighted by Gasteiger charge is -2.25. The van der Waals surface area contributed by atoms with E-state index in [1.807, 2.05) is 31.2 Å². The molecule has 0 heterocycles. The molecule has 0 bridgehead atoms. The Morgan fingerprint density at radius 2 is 1.63 bits per heavy atom. The number of para-hydroxylation sites is 1. The first-order valence-corrected chi connectivity index (χ1v) is 12.9. The van der Waals surface area contributed by atoms with Crippen molar-refractivity contribution in [2.45, 2.75) is 24.7 Å². The molecule has 176 valence electrons. The molecule has 1 aliphatic rings. The van der Waals surface area contributed by atoms with Crippen LogP contribution in [0.5, 0.6) is 0 Å². The molecule has 0 saturated heterocycles. The number of aryl methyl sites for hydroxylation is 3. The van der Waals surface area contributed by atoms with Crippen molar-refractivity contribution >= 4 is 38.6 Å². The summed E-state index contributed by atoms with van der Waals surface area (Å²) in [7, 11) is -3.96. The van der Waals surface area contributed by atoms with E-state index in [-0.39, 0.29) is 4.90 Å². The van der Waals surface area contributed by atoms with Gasteiger partial charge in [0.2, 0.25) is 0 Å². The fraction of sp³-hybridized carbons (Fsp3) is 0.143. The molecule has 0 aliphatic heterocycles. The fourth-order valence-electron chi connectivity index (χ4n) is 4.58. The number of carbonyl (C=O) groups is 1. The summed E-state index contributed by atoms with van der Waals surface area (Å²) >= 11 is 0. The van der Waals surface area contributed by atoms with Crippen LogP contribution in [0, 0.1) is 6.92 Å². The largest absolute Gasteiger partial charge is 0.271 e. The van der Waals surface area contributed by atoms with Crippen molar-refractivity contribution in [2.24, 2.45) is 5.10 Å². The molecule has 0 spiro atoms. The van der Waals surface area contributed by atoms with Crippen molar-refractivity contribution < 1.29 is 13.2 Å². The summed E-state index contributed by atoms with van der Waals surface area (Å²) in [6.45, 7) is 1.41. The van der Waals surface area contributed by atoms with E-state index < -0.39 is 22.5 Å². The smallest absolute Gasteiger partial charge is 0.264 e. The van der Waals surface area contributed by atoms with E-state index >= 15 is 0 Å². The van der Waals surface area contributed by atoms with Crippen LogP contribution in [0.3, 0.4) is 0 Å². The van der Waals surface area contributed by atoms with Gasteiger partial charge in [-0.2, -0.15) is 5.10 Å². The minimum atomic E-state index is -3.96. The van der Waals surface area contributed by atoms with Gasteiger partial charge >= 0.3 is 0 Å². The monoisotopic (exact) mass is 483 g/mol. The summed E-state index contributed by atoms with van der Waals surface area (Å²) in [6.07, 6.45) is 3.69. The van der Waals surface area contributed by atoms with Gasteiger partial charge in [0.25, 0.3) is 15.9 Å². The Balaban J connectivity index is 1.39. The van der Waals surface area contributed by atoms with Crippen molar-refractivity contribution in [1.82, 2.24) is 5.43 Å². The molecule has 0 aromatic heterocycles. The fourth-order valence-corrected chi connectivity index (χ4v) is 6.09. The van der Waals surface area contributed by atoms with Crippen molar-refractivity contribution in [1.29, 1.82) is 0 Å². The molecule has 0 atom stereocenters. The van der Waals surface area contributed by atoms with Crippen molar-refractivity contribution in [2.75, 3.05) is 10.8 Å². The average molecular weight is 484 g/mol. The van der Waals surface area contributed by atoms with Crippen molar-refractivity contribution in [3.8, 4) is 0 Å². The first kappa shape index (κ1) is 22.8. The molecule has 7 heteroatoms. The van der Waals surface area contributed by atoms with Crippen molar-refractivity contribution in [3.63, 3.8) is 0 Å². The highest BCUT2D eigenvalue weighted by Gasteiger charge is 2.28. The Kier molecular flexibility index (Phi) is 6.09. The Labute approximate surface area is 205 Å². The SMILES string of the molecule is Cc1ccccc1N(CC(=O)NN=Cc1ccc2c3c(cccc13)CC2)S(=O)(=O)c1ccccc1. The molecular formula is C28H25N3O3S. The van der Waals surface area contributed by atoms with Gasteiger partial charge in [0, 0.05) is 5.56 Å². The van der Waals surface area contributed by atoms with Crippen LogP contribution in [0.15, 0.2) is 94.9 Å². The molecule has 0 saturated carbocycles. The number of benzene rings is 4. The van der Waals surface area contributed by atoms with Crippen molar-refractivity contribution in [3.05, 3.63) is 107 Å². The number of carbonyl (C=O) groups excluding carboxylic acids is 1. The highest BCUT2D eigenvalue weighted by Crippen LogP contribution is 2.32. The highest BCUT2D eigenvalue weighted by molar-refractivity contribution is 7.92. The van der Waals surface area contributed by atoms with Gasteiger partial charge in [-0.25, -0.2) is 13.8 Å². The summed E-state index contributed by atoms with van der Waals surface area (Å²) in [5, 5.41) is 6.52. The lowest BCUT2D eigenvalue weighted by molar-refractivity contribution is -0.119. The van der Waals surface area contributed by atoms with E-state index in [1.54, 1.807) is 36.5 Å². The zero-order valence-corrected chi connectivity index (χ0v) is 20.1. The van der Waals surface area contributed by atoms with E-state index in [2.05, 4.69) is 28.7 Å². The molecule has 35 heavy (non-hydrogen) atoms. The molecule has 0 radical (unpaired) electrons. The number of nitrogens with zero attached hydrogens (tertiary/aromatic N) is 2. The van der Waals surface area contributed by atoms with E-state index in [1.165, 1.54) is 28.6 Å². The second-order valence-electron chi connectivity index (χ2n) is 8.56. The lowest BCUT2D eigenvalue weighted by Crippen LogP contribution is -2.40. The number of hydrazone groups is 1. The number of sulfonamides is 1. The third-order valence-electron chi connectivity index (χ3n) is 6.31. The maximum absolute atomic E-state index is 13.4. The molecule has 1 amide bonds.